The van der Waals surface area contributed by atoms with Crippen LogP contribution in [0.25, 0.3) is 0 Å². The summed E-state index contributed by atoms with van der Waals surface area (Å²) in [5, 5.41) is 3.24. The minimum Gasteiger partial charge on any atom is -0.378 e. The molecular weight excluding hydrogens is 304 g/mol. The van der Waals surface area contributed by atoms with E-state index in [-0.39, 0.29) is 11.9 Å². The van der Waals surface area contributed by atoms with Crippen LogP contribution in [0.4, 0.5) is 5.82 Å². The van der Waals surface area contributed by atoms with Gasteiger partial charge in [0.05, 0.1) is 18.8 Å². The molecule has 3 fully saturated rings. The smallest absolute Gasteiger partial charge is 0.253 e. The Hall–Kier alpha value is -1.66. The van der Waals surface area contributed by atoms with Gasteiger partial charge in [0, 0.05) is 37.9 Å². The van der Waals surface area contributed by atoms with Crippen molar-refractivity contribution in [2.24, 2.45) is 0 Å². The first kappa shape index (κ1) is 15.8. The topological polar surface area (TPSA) is 57.7 Å². The number of ether oxygens (including phenoxy) is 1. The van der Waals surface area contributed by atoms with Crippen molar-refractivity contribution in [3.8, 4) is 0 Å². The zero-order chi connectivity index (χ0) is 16.4. The van der Waals surface area contributed by atoms with Crippen LogP contribution in [0.15, 0.2) is 18.3 Å². The van der Waals surface area contributed by atoms with E-state index in [9.17, 15) is 4.79 Å². The summed E-state index contributed by atoms with van der Waals surface area (Å²) in [5.74, 6) is 0.933. The Bertz CT molecular complexity index is 571. The molecule has 1 amide bonds. The van der Waals surface area contributed by atoms with Crippen LogP contribution in [0, 0.1) is 0 Å². The highest BCUT2D eigenvalue weighted by Crippen LogP contribution is 2.27. The van der Waals surface area contributed by atoms with Gasteiger partial charge < -0.3 is 15.0 Å². The molecule has 6 nitrogen and oxygen atoms in total. The summed E-state index contributed by atoms with van der Waals surface area (Å²) < 4.78 is 5.36. The van der Waals surface area contributed by atoms with Gasteiger partial charge in [-0.1, -0.05) is 6.42 Å². The lowest BCUT2D eigenvalue weighted by Crippen LogP contribution is -2.46. The van der Waals surface area contributed by atoms with E-state index in [2.05, 4.69) is 20.1 Å². The molecule has 1 N–H and O–H groups in total. The van der Waals surface area contributed by atoms with Gasteiger partial charge in [-0.05, 0) is 37.9 Å². The molecule has 0 aliphatic carbocycles. The molecule has 4 heterocycles. The second-order valence-corrected chi connectivity index (χ2v) is 6.97. The number of morpholine rings is 1. The first-order valence-electron chi connectivity index (χ1n) is 9.15. The first-order valence-corrected chi connectivity index (χ1v) is 9.15. The van der Waals surface area contributed by atoms with E-state index in [1.807, 2.05) is 12.1 Å². The Morgan fingerprint density at radius 1 is 1.12 bits per heavy atom. The summed E-state index contributed by atoms with van der Waals surface area (Å²) in [4.78, 5) is 21.8. The van der Waals surface area contributed by atoms with E-state index in [0.29, 0.717) is 11.6 Å². The van der Waals surface area contributed by atoms with Crippen LogP contribution in [0.3, 0.4) is 0 Å². The number of nitrogens with one attached hydrogen (secondary N) is 1. The maximum Gasteiger partial charge on any atom is 0.253 e. The van der Waals surface area contributed by atoms with Gasteiger partial charge in [0.25, 0.3) is 5.91 Å². The molecule has 0 bridgehead atoms. The lowest BCUT2D eigenvalue weighted by molar-refractivity contribution is 0.0915. The molecule has 24 heavy (non-hydrogen) atoms. The highest BCUT2D eigenvalue weighted by molar-refractivity contribution is 5.94. The number of carbonyl (C=O) groups is 1. The Morgan fingerprint density at radius 3 is 2.79 bits per heavy atom. The molecule has 0 spiro atoms. The number of anilines is 1. The Balaban J connectivity index is 1.37. The molecule has 3 saturated heterocycles. The molecule has 1 aromatic heterocycles. The number of rotatable bonds is 3. The highest BCUT2D eigenvalue weighted by Gasteiger charge is 2.36. The number of aromatic nitrogens is 1. The van der Waals surface area contributed by atoms with Crippen LogP contribution < -0.4 is 10.2 Å². The zero-order valence-corrected chi connectivity index (χ0v) is 14.1. The molecule has 1 aromatic rings. The summed E-state index contributed by atoms with van der Waals surface area (Å²) >= 11 is 0. The summed E-state index contributed by atoms with van der Waals surface area (Å²) in [6.07, 6.45) is 6.55. The van der Waals surface area contributed by atoms with E-state index in [1.165, 1.54) is 25.8 Å². The molecule has 0 aromatic carbocycles. The van der Waals surface area contributed by atoms with Gasteiger partial charge in [0.2, 0.25) is 0 Å². The molecule has 3 aliphatic rings. The molecule has 0 radical (unpaired) electrons. The average Bonchev–Trinajstić information content (AvgIpc) is 3.06. The standard InChI is InChI=1S/C18H26N4O2/c23-18(20-15-6-8-21-7-2-1-3-16(15)21)14-4-5-17(19-13-14)22-9-11-24-12-10-22/h4-5,13,15-16H,1-3,6-12H2,(H,20,23)/t15-,16-/m0/s1. The lowest BCUT2D eigenvalue weighted by Gasteiger charge is -2.32. The SMILES string of the molecule is O=C(N[C@H]1CCN2CCCC[C@@H]12)c1ccc(N2CCOCC2)nc1. The minimum absolute atomic E-state index is 0.00782. The van der Waals surface area contributed by atoms with Crippen LogP contribution in [-0.4, -0.2) is 67.3 Å². The Kier molecular flexibility index (Phi) is 4.67. The molecule has 2 atom stereocenters. The van der Waals surface area contributed by atoms with Gasteiger partial charge in [-0.2, -0.15) is 0 Å². The fourth-order valence-electron chi connectivity index (χ4n) is 4.17. The molecule has 6 heteroatoms. The van der Waals surface area contributed by atoms with Crippen LogP contribution >= 0.6 is 0 Å². The van der Waals surface area contributed by atoms with Crippen LogP contribution in [0.2, 0.25) is 0 Å². The maximum atomic E-state index is 12.6. The van der Waals surface area contributed by atoms with Gasteiger partial charge in [0.15, 0.2) is 0 Å². The van der Waals surface area contributed by atoms with E-state index in [4.69, 9.17) is 4.74 Å². The third kappa shape index (κ3) is 3.26. The second kappa shape index (κ2) is 7.07. The third-order valence-corrected chi connectivity index (χ3v) is 5.52. The first-order chi connectivity index (χ1) is 11.8. The van der Waals surface area contributed by atoms with Crippen molar-refractivity contribution in [3.05, 3.63) is 23.9 Å². The molecule has 4 rings (SSSR count). The van der Waals surface area contributed by atoms with Crippen LogP contribution in [-0.2, 0) is 4.74 Å². The Labute approximate surface area is 143 Å². The van der Waals surface area contributed by atoms with E-state index >= 15 is 0 Å². The lowest BCUT2D eigenvalue weighted by atomic mass is 9.99. The predicted molar refractivity (Wildman–Crippen MR) is 92.4 cm³/mol. The number of amides is 1. The number of carbonyl (C=O) groups excluding carboxylic acids is 1. The summed E-state index contributed by atoms with van der Waals surface area (Å²) in [6.45, 7) is 5.50. The fraction of sp³-hybridized carbons (Fsp3) is 0.667. The van der Waals surface area contributed by atoms with Crippen LogP contribution in [0.1, 0.15) is 36.0 Å². The van der Waals surface area contributed by atoms with Crippen molar-refractivity contribution in [1.29, 1.82) is 0 Å². The van der Waals surface area contributed by atoms with Gasteiger partial charge in [-0.25, -0.2) is 4.98 Å². The number of pyridine rings is 1. The second-order valence-electron chi connectivity index (χ2n) is 6.97. The fourth-order valence-corrected chi connectivity index (χ4v) is 4.17. The van der Waals surface area contributed by atoms with Crippen molar-refractivity contribution in [1.82, 2.24) is 15.2 Å². The van der Waals surface area contributed by atoms with Crippen LogP contribution in [0.5, 0.6) is 0 Å². The average molecular weight is 330 g/mol. The number of piperidine rings is 1. The number of fused-ring (bicyclic) bond motifs is 1. The van der Waals surface area contributed by atoms with Crippen molar-refractivity contribution in [2.75, 3.05) is 44.3 Å². The predicted octanol–water partition coefficient (Wildman–Crippen LogP) is 1.27. The van der Waals surface area contributed by atoms with Gasteiger partial charge in [-0.15, -0.1) is 0 Å². The molecule has 3 aliphatic heterocycles. The quantitative estimate of drug-likeness (QED) is 0.905. The third-order valence-electron chi connectivity index (χ3n) is 5.52. The monoisotopic (exact) mass is 330 g/mol. The van der Waals surface area contributed by atoms with Gasteiger partial charge >= 0.3 is 0 Å². The van der Waals surface area contributed by atoms with Gasteiger partial charge in [-0.3, -0.25) is 9.69 Å². The van der Waals surface area contributed by atoms with E-state index < -0.39 is 0 Å². The van der Waals surface area contributed by atoms with Crippen molar-refractivity contribution >= 4 is 11.7 Å². The summed E-state index contributed by atoms with van der Waals surface area (Å²) in [7, 11) is 0. The molecular formula is C18H26N4O2. The van der Waals surface area contributed by atoms with Crippen molar-refractivity contribution in [2.45, 2.75) is 37.8 Å². The van der Waals surface area contributed by atoms with E-state index in [0.717, 1.165) is 45.1 Å². The maximum absolute atomic E-state index is 12.6. The Morgan fingerprint density at radius 2 is 2.00 bits per heavy atom. The number of nitrogens with zero attached hydrogens (tertiary/aromatic N) is 3. The largest absolute Gasteiger partial charge is 0.378 e. The summed E-state index contributed by atoms with van der Waals surface area (Å²) in [6, 6.07) is 4.66. The normalized spacial score (nSPS) is 27.8. The molecule has 130 valence electrons. The van der Waals surface area contributed by atoms with E-state index in [1.54, 1.807) is 6.20 Å². The number of hydrogen-bond acceptors (Lipinski definition) is 5. The zero-order valence-electron chi connectivity index (χ0n) is 14.1. The van der Waals surface area contributed by atoms with Gasteiger partial charge in [0.1, 0.15) is 5.82 Å². The molecule has 0 unspecified atom stereocenters. The number of hydrogen-bond donors (Lipinski definition) is 1. The molecule has 0 saturated carbocycles. The minimum atomic E-state index is 0.00782. The highest BCUT2D eigenvalue weighted by atomic mass is 16.5. The summed E-state index contributed by atoms with van der Waals surface area (Å²) in [5.41, 5.74) is 0.654. The van der Waals surface area contributed by atoms with Crippen molar-refractivity contribution < 1.29 is 9.53 Å². The van der Waals surface area contributed by atoms with Crippen molar-refractivity contribution in [3.63, 3.8) is 0 Å².